The molecule has 1 fully saturated rings. The molecule has 2 N–H and O–H groups in total. The van der Waals surface area contributed by atoms with Gasteiger partial charge in [0.05, 0.1) is 9.70 Å². The zero-order chi connectivity index (χ0) is 14.5. The van der Waals surface area contributed by atoms with E-state index in [1.54, 1.807) is 11.3 Å². The number of aryl methyl sites for hydroxylation is 1. The Morgan fingerprint density at radius 2 is 2.20 bits per heavy atom. The van der Waals surface area contributed by atoms with Gasteiger partial charge < -0.3 is 10.4 Å². The second kappa shape index (κ2) is 7.22. The minimum Gasteiger partial charge on any atom is -0.481 e. The molecule has 20 heavy (non-hydrogen) atoms. The molecule has 1 aliphatic carbocycles. The molecule has 1 saturated carbocycles. The van der Waals surface area contributed by atoms with Crippen LogP contribution in [0.2, 0.25) is 0 Å². The van der Waals surface area contributed by atoms with Crippen LogP contribution >= 0.6 is 27.3 Å². The van der Waals surface area contributed by atoms with Gasteiger partial charge in [-0.1, -0.05) is 0 Å². The number of amides is 1. The third-order valence-corrected chi connectivity index (χ3v) is 5.29. The average molecular weight is 360 g/mol. The van der Waals surface area contributed by atoms with E-state index < -0.39 is 5.97 Å². The summed E-state index contributed by atoms with van der Waals surface area (Å²) < 4.78 is 1.11. The number of halogens is 1. The lowest BCUT2D eigenvalue weighted by Crippen LogP contribution is -2.33. The van der Waals surface area contributed by atoms with Crippen LogP contribution in [0.3, 0.4) is 0 Å². The molecule has 6 heteroatoms. The summed E-state index contributed by atoms with van der Waals surface area (Å²) in [6.07, 6.45) is 4.26. The summed E-state index contributed by atoms with van der Waals surface area (Å²) in [5.41, 5.74) is 0. The highest BCUT2D eigenvalue weighted by Crippen LogP contribution is 2.26. The van der Waals surface area contributed by atoms with E-state index in [0.717, 1.165) is 23.0 Å². The number of carbonyl (C=O) groups excluding carboxylic acids is 1. The highest BCUT2D eigenvalue weighted by molar-refractivity contribution is 9.11. The van der Waals surface area contributed by atoms with E-state index in [1.165, 1.54) is 4.88 Å². The van der Waals surface area contributed by atoms with Crippen LogP contribution in [0.25, 0.3) is 0 Å². The number of thiophene rings is 1. The number of carbonyl (C=O) groups is 2. The maximum absolute atomic E-state index is 11.8. The largest absolute Gasteiger partial charge is 0.481 e. The van der Waals surface area contributed by atoms with Gasteiger partial charge in [-0.25, -0.2) is 0 Å². The number of hydrogen-bond donors (Lipinski definition) is 2. The summed E-state index contributed by atoms with van der Waals surface area (Å²) in [5.74, 6) is -0.995. The Balaban J connectivity index is 1.65. The molecule has 4 nitrogen and oxygen atoms in total. The maximum Gasteiger partial charge on any atom is 0.306 e. The Labute approximate surface area is 130 Å². The lowest BCUT2D eigenvalue weighted by atomic mass is 10.1. The van der Waals surface area contributed by atoms with Crippen molar-refractivity contribution in [1.82, 2.24) is 5.32 Å². The van der Waals surface area contributed by atoms with E-state index in [4.69, 9.17) is 5.11 Å². The molecule has 1 heterocycles. The van der Waals surface area contributed by atoms with Gasteiger partial charge in [-0.3, -0.25) is 9.59 Å². The van der Waals surface area contributed by atoms with Crippen molar-refractivity contribution in [2.24, 2.45) is 5.92 Å². The molecule has 0 saturated heterocycles. The number of rotatable bonds is 6. The zero-order valence-electron chi connectivity index (χ0n) is 11.1. The summed E-state index contributed by atoms with van der Waals surface area (Å²) >= 11 is 5.12. The quantitative estimate of drug-likeness (QED) is 0.819. The van der Waals surface area contributed by atoms with Gasteiger partial charge in [-0.05, 0) is 60.2 Å². The number of aliphatic carboxylic acids is 1. The summed E-state index contributed by atoms with van der Waals surface area (Å²) in [6.45, 7) is 0. The minimum atomic E-state index is -0.745. The van der Waals surface area contributed by atoms with Crippen molar-refractivity contribution in [3.63, 3.8) is 0 Å². The van der Waals surface area contributed by atoms with Crippen molar-refractivity contribution in [1.29, 1.82) is 0 Å². The van der Waals surface area contributed by atoms with Gasteiger partial charge in [0.1, 0.15) is 0 Å². The van der Waals surface area contributed by atoms with Crippen molar-refractivity contribution in [2.45, 2.75) is 44.6 Å². The first-order valence-corrected chi connectivity index (χ1v) is 8.42. The number of nitrogens with one attached hydrogen (secondary N) is 1. The van der Waals surface area contributed by atoms with E-state index in [-0.39, 0.29) is 17.9 Å². The fraction of sp³-hybridized carbons (Fsp3) is 0.571. The van der Waals surface area contributed by atoms with Crippen molar-refractivity contribution >= 4 is 39.1 Å². The molecule has 110 valence electrons. The average Bonchev–Trinajstić information content (AvgIpc) is 2.99. The van der Waals surface area contributed by atoms with Crippen LogP contribution in [0.5, 0.6) is 0 Å². The minimum absolute atomic E-state index is 0.0386. The second-order valence-electron chi connectivity index (χ2n) is 5.17. The molecule has 2 atom stereocenters. The van der Waals surface area contributed by atoms with Gasteiger partial charge >= 0.3 is 5.97 Å². The van der Waals surface area contributed by atoms with Crippen LogP contribution in [0.1, 0.15) is 37.0 Å². The van der Waals surface area contributed by atoms with Gasteiger partial charge in [0.15, 0.2) is 0 Å². The Morgan fingerprint density at radius 3 is 2.80 bits per heavy atom. The Kier molecular flexibility index (Phi) is 5.60. The first-order chi connectivity index (χ1) is 9.54. The summed E-state index contributed by atoms with van der Waals surface area (Å²) in [6, 6.07) is 4.13. The maximum atomic E-state index is 11.8. The van der Waals surface area contributed by atoms with Crippen LogP contribution in [-0.2, 0) is 16.0 Å². The van der Waals surface area contributed by atoms with Crippen LogP contribution in [-0.4, -0.2) is 23.0 Å². The number of carboxylic acids is 1. The summed E-state index contributed by atoms with van der Waals surface area (Å²) in [5, 5.41) is 11.9. The SMILES string of the molecule is O=C(CCCc1ccc(Br)s1)NC1CCC(C(=O)O)C1. The molecule has 0 bridgehead atoms. The van der Waals surface area contributed by atoms with Crippen molar-refractivity contribution in [3.05, 3.63) is 20.8 Å². The van der Waals surface area contributed by atoms with Gasteiger partial charge in [0.25, 0.3) is 0 Å². The standard InChI is InChI=1S/C14H18BrNO3S/c15-12-7-6-11(20-12)2-1-3-13(17)16-10-5-4-9(8-10)14(18)19/h6-7,9-10H,1-5,8H2,(H,16,17)(H,18,19). The molecule has 2 rings (SSSR count). The Hall–Kier alpha value is -0.880. The predicted molar refractivity (Wildman–Crippen MR) is 81.9 cm³/mol. The smallest absolute Gasteiger partial charge is 0.306 e. The van der Waals surface area contributed by atoms with E-state index >= 15 is 0 Å². The molecule has 1 amide bonds. The van der Waals surface area contributed by atoms with Crippen molar-refractivity contribution < 1.29 is 14.7 Å². The number of carboxylic acid groups (broad SMARTS) is 1. The molecule has 0 spiro atoms. The van der Waals surface area contributed by atoms with Crippen LogP contribution in [0.4, 0.5) is 0 Å². The highest BCUT2D eigenvalue weighted by Gasteiger charge is 2.30. The van der Waals surface area contributed by atoms with E-state index in [2.05, 4.69) is 27.3 Å². The molecule has 2 unspecified atom stereocenters. The lowest BCUT2D eigenvalue weighted by Gasteiger charge is -2.12. The predicted octanol–water partition coefficient (Wildman–Crippen LogP) is 3.20. The molecule has 1 aromatic heterocycles. The third kappa shape index (κ3) is 4.59. The van der Waals surface area contributed by atoms with Gasteiger partial charge in [0.2, 0.25) is 5.91 Å². The zero-order valence-corrected chi connectivity index (χ0v) is 13.5. The van der Waals surface area contributed by atoms with Gasteiger partial charge in [0, 0.05) is 17.3 Å². The fourth-order valence-corrected chi connectivity index (χ4v) is 4.07. The van der Waals surface area contributed by atoms with E-state index in [9.17, 15) is 9.59 Å². The highest BCUT2D eigenvalue weighted by atomic mass is 79.9. The molecule has 0 aromatic carbocycles. The molecule has 0 aliphatic heterocycles. The summed E-state index contributed by atoms with van der Waals surface area (Å²) in [7, 11) is 0. The Morgan fingerprint density at radius 1 is 1.40 bits per heavy atom. The molecule has 1 aliphatic rings. The van der Waals surface area contributed by atoms with E-state index in [0.29, 0.717) is 19.3 Å². The third-order valence-electron chi connectivity index (χ3n) is 3.60. The van der Waals surface area contributed by atoms with Crippen molar-refractivity contribution in [2.75, 3.05) is 0 Å². The monoisotopic (exact) mass is 359 g/mol. The molecular formula is C14H18BrNO3S. The van der Waals surface area contributed by atoms with Crippen molar-refractivity contribution in [3.8, 4) is 0 Å². The molecule has 0 radical (unpaired) electrons. The Bertz CT molecular complexity index is 489. The molecule has 1 aromatic rings. The van der Waals surface area contributed by atoms with Crippen LogP contribution in [0.15, 0.2) is 15.9 Å². The van der Waals surface area contributed by atoms with E-state index in [1.807, 2.05) is 6.07 Å². The first kappa shape index (κ1) is 15.5. The first-order valence-electron chi connectivity index (χ1n) is 6.81. The lowest BCUT2D eigenvalue weighted by molar-refractivity contribution is -0.141. The van der Waals surface area contributed by atoms with Gasteiger partial charge in [-0.15, -0.1) is 11.3 Å². The van der Waals surface area contributed by atoms with Crippen LogP contribution in [0, 0.1) is 5.92 Å². The van der Waals surface area contributed by atoms with Crippen LogP contribution < -0.4 is 5.32 Å². The van der Waals surface area contributed by atoms with Gasteiger partial charge in [-0.2, -0.15) is 0 Å². The fourth-order valence-electron chi connectivity index (χ4n) is 2.55. The molecular weight excluding hydrogens is 342 g/mol. The normalized spacial score (nSPS) is 21.9. The number of hydrogen-bond acceptors (Lipinski definition) is 3. The topological polar surface area (TPSA) is 66.4 Å². The second-order valence-corrected chi connectivity index (χ2v) is 7.72. The summed E-state index contributed by atoms with van der Waals surface area (Å²) in [4.78, 5) is 23.9.